The number of nitriles is 1. The highest BCUT2D eigenvalue weighted by atomic mass is 16.6. The maximum absolute atomic E-state index is 12.3. The van der Waals surface area contributed by atoms with E-state index in [1.165, 1.54) is 0 Å². The third kappa shape index (κ3) is 4.54. The molecule has 0 radical (unpaired) electrons. The molecule has 1 aromatic heterocycles. The van der Waals surface area contributed by atoms with Crippen molar-refractivity contribution >= 4 is 22.7 Å². The topological polar surface area (TPSA) is 79.1 Å². The van der Waals surface area contributed by atoms with Crippen molar-refractivity contribution in [3.63, 3.8) is 0 Å². The van der Waals surface area contributed by atoms with Crippen molar-refractivity contribution < 1.29 is 9.53 Å². The molecule has 0 N–H and O–H groups in total. The number of fused-ring (bicyclic) bond motifs is 1. The average molecular weight is 366 g/mol. The van der Waals surface area contributed by atoms with Crippen LogP contribution in [0.3, 0.4) is 0 Å². The zero-order valence-corrected chi connectivity index (χ0v) is 16.4. The summed E-state index contributed by atoms with van der Waals surface area (Å²) in [4.78, 5) is 23.4. The van der Waals surface area contributed by atoms with Crippen LogP contribution in [0.5, 0.6) is 0 Å². The van der Waals surface area contributed by atoms with Gasteiger partial charge in [-0.2, -0.15) is 5.26 Å². The first-order valence-corrected chi connectivity index (χ1v) is 9.37. The average Bonchev–Trinajstić information content (AvgIpc) is 2.58. The Bertz CT molecular complexity index is 882. The maximum atomic E-state index is 12.3. The molecule has 0 bridgehead atoms. The van der Waals surface area contributed by atoms with E-state index in [1.54, 1.807) is 18.5 Å². The molecule has 6 heteroatoms. The lowest BCUT2D eigenvalue weighted by atomic mass is 9.87. The molecular weight excluding hydrogens is 340 g/mol. The molecule has 0 amide bonds. The van der Waals surface area contributed by atoms with Gasteiger partial charge in [-0.15, -0.1) is 0 Å². The van der Waals surface area contributed by atoms with Crippen molar-refractivity contribution in [2.75, 3.05) is 18.0 Å². The molecule has 142 valence electrons. The first kappa shape index (κ1) is 19.1. The molecule has 27 heavy (non-hydrogen) atoms. The molecular formula is C21H26N4O2. The normalized spacial score (nSPS) is 20.3. The van der Waals surface area contributed by atoms with E-state index in [2.05, 4.69) is 27.9 Å². The Morgan fingerprint density at radius 3 is 2.63 bits per heavy atom. The Kier molecular flexibility index (Phi) is 5.31. The van der Waals surface area contributed by atoms with Gasteiger partial charge in [0.25, 0.3) is 0 Å². The molecule has 0 unspecified atom stereocenters. The number of esters is 1. The van der Waals surface area contributed by atoms with E-state index in [-0.39, 0.29) is 11.9 Å². The molecule has 1 aliphatic heterocycles. The number of nitrogens with zero attached hydrogens (tertiary/aromatic N) is 4. The number of hydrogen-bond donors (Lipinski definition) is 0. The molecule has 2 atom stereocenters. The number of anilines is 1. The van der Waals surface area contributed by atoms with Gasteiger partial charge in [0.15, 0.2) is 0 Å². The monoisotopic (exact) mass is 366 g/mol. The molecule has 1 saturated heterocycles. The van der Waals surface area contributed by atoms with Crippen LogP contribution in [0.25, 0.3) is 11.0 Å². The van der Waals surface area contributed by atoms with E-state index in [9.17, 15) is 10.1 Å². The first-order valence-electron chi connectivity index (χ1n) is 9.37. The van der Waals surface area contributed by atoms with Crippen LogP contribution < -0.4 is 4.90 Å². The summed E-state index contributed by atoms with van der Waals surface area (Å²) >= 11 is 0. The summed E-state index contributed by atoms with van der Waals surface area (Å²) in [6.45, 7) is 9.53. The fraction of sp³-hybridized carbons (Fsp3) is 0.524. The summed E-state index contributed by atoms with van der Waals surface area (Å²) in [6, 6.07) is 5.93. The molecule has 3 rings (SSSR count). The lowest BCUT2D eigenvalue weighted by molar-refractivity contribution is -0.156. The van der Waals surface area contributed by atoms with Gasteiger partial charge in [-0.25, -0.2) is 0 Å². The molecule has 1 aromatic carbocycles. The van der Waals surface area contributed by atoms with Crippen molar-refractivity contribution in [1.29, 1.82) is 5.26 Å². The van der Waals surface area contributed by atoms with E-state index in [0.29, 0.717) is 23.4 Å². The van der Waals surface area contributed by atoms with Gasteiger partial charge >= 0.3 is 5.97 Å². The summed E-state index contributed by atoms with van der Waals surface area (Å²) in [6.07, 6.45) is 4.67. The highest BCUT2D eigenvalue weighted by molar-refractivity contribution is 5.92. The fourth-order valence-corrected chi connectivity index (χ4v) is 3.83. The number of aromatic nitrogens is 2. The minimum absolute atomic E-state index is 0.147. The van der Waals surface area contributed by atoms with Crippen molar-refractivity contribution in [3.05, 3.63) is 30.1 Å². The highest BCUT2D eigenvalue weighted by Gasteiger charge is 2.29. The van der Waals surface area contributed by atoms with Gasteiger partial charge in [-0.3, -0.25) is 14.8 Å². The fourth-order valence-electron chi connectivity index (χ4n) is 3.83. The van der Waals surface area contributed by atoms with Crippen molar-refractivity contribution in [1.82, 2.24) is 9.97 Å². The molecule has 1 aliphatic rings. The number of carbonyl (C=O) groups is 1. The van der Waals surface area contributed by atoms with Crippen LogP contribution in [0.15, 0.2) is 24.5 Å². The summed E-state index contributed by atoms with van der Waals surface area (Å²) in [7, 11) is 0. The van der Waals surface area contributed by atoms with E-state index >= 15 is 0 Å². The largest absolute Gasteiger partial charge is 0.460 e. The molecule has 0 spiro atoms. The minimum atomic E-state index is -0.462. The smallest absolute Gasteiger partial charge is 0.306 e. The Labute approximate surface area is 160 Å². The van der Waals surface area contributed by atoms with Crippen LogP contribution in [-0.2, 0) is 9.53 Å². The maximum Gasteiger partial charge on any atom is 0.306 e. The molecule has 2 heterocycles. The Morgan fingerprint density at radius 2 is 1.96 bits per heavy atom. The SMILES string of the molecule is C[C@H]1C[C@@H](CC(=O)OC(C)(C)C)CN(c2ccc(C#N)c3nccnc23)C1. The number of ether oxygens (including phenoxy) is 1. The van der Waals surface area contributed by atoms with Crippen molar-refractivity contribution in [2.45, 2.75) is 46.1 Å². The van der Waals surface area contributed by atoms with Crippen LogP contribution >= 0.6 is 0 Å². The summed E-state index contributed by atoms with van der Waals surface area (Å²) in [5.74, 6) is 0.533. The molecule has 0 saturated carbocycles. The number of carbonyl (C=O) groups excluding carboxylic acids is 1. The predicted octanol–water partition coefficient (Wildman–Crippen LogP) is 3.70. The van der Waals surface area contributed by atoms with Gasteiger partial charge in [0.05, 0.1) is 17.7 Å². The molecule has 0 aliphatic carbocycles. The third-order valence-corrected chi connectivity index (χ3v) is 4.69. The van der Waals surface area contributed by atoms with E-state index < -0.39 is 5.60 Å². The van der Waals surface area contributed by atoms with Crippen LogP contribution in [0.1, 0.15) is 46.1 Å². The standard InChI is InChI=1S/C21H26N4O2/c1-14-9-15(10-18(26)27-21(2,3)4)13-25(12-14)17-6-5-16(11-22)19-20(17)24-8-7-23-19/h5-8,14-15H,9-10,12-13H2,1-4H3/t14-,15-/m0/s1. The molecule has 6 nitrogen and oxygen atoms in total. The zero-order chi connectivity index (χ0) is 19.6. The highest BCUT2D eigenvalue weighted by Crippen LogP contribution is 2.33. The number of piperidine rings is 1. The lowest BCUT2D eigenvalue weighted by Crippen LogP contribution is -2.41. The predicted molar refractivity (Wildman–Crippen MR) is 104 cm³/mol. The Hall–Kier alpha value is -2.68. The second-order valence-corrected chi connectivity index (χ2v) is 8.40. The van der Waals surface area contributed by atoms with Crippen molar-refractivity contribution in [3.8, 4) is 6.07 Å². The first-order chi connectivity index (χ1) is 12.8. The van der Waals surface area contributed by atoms with Gasteiger partial charge in [0.2, 0.25) is 0 Å². The van der Waals surface area contributed by atoms with Gasteiger partial charge < -0.3 is 9.64 Å². The molecule has 2 aromatic rings. The minimum Gasteiger partial charge on any atom is -0.460 e. The summed E-state index contributed by atoms with van der Waals surface area (Å²) < 4.78 is 5.50. The molecule has 1 fully saturated rings. The van der Waals surface area contributed by atoms with Gasteiger partial charge in [-0.05, 0) is 51.2 Å². The van der Waals surface area contributed by atoms with E-state index in [4.69, 9.17) is 4.74 Å². The second kappa shape index (κ2) is 7.51. The number of rotatable bonds is 3. The van der Waals surface area contributed by atoms with Gasteiger partial charge in [-0.1, -0.05) is 6.92 Å². The van der Waals surface area contributed by atoms with Crippen molar-refractivity contribution in [2.24, 2.45) is 11.8 Å². The lowest BCUT2D eigenvalue weighted by Gasteiger charge is -2.38. The summed E-state index contributed by atoms with van der Waals surface area (Å²) in [5, 5.41) is 9.33. The third-order valence-electron chi connectivity index (χ3n) is 4.69. The second-order valence-electron chi connectivity index (χ2n) is 8.40. The number of hydrogen-bond acceptors (Lipinski definition) is 6. The Balaban J connectivity index is 1.84. The quantitative estimate of drug-likeness (QED) is 0.771. The number of benzene rings is 1. The van der Waals surface area contributed by atoms with E-state index in [0.717, 1.165) is 30.7 Å². The van der Waals surface area contributed by atoms with Gasteiger partial charge in [0, 0.05) is 25.5 Å². The van der Waals surface area contributed by atoms with Gasteiger partial charge in [0.1, 0.15) is 22.7 Å². The van der Waals surface area contributed by atoms with Crippen LogP contribution in [0.2, 0.25) is 0 Å². The van der Waals surface area contributed by atoms with E-state index in [1.807, 2.05) is 26.8 Å². The zero-order valence-electron chi connectivity index (χ0n) is 16.4. The van der Waals surface area contributed by atoms with Crippen LogP contribution in [-0.4, -0.2) is 34.6 Å². The Morgan fingerprint density at radius 1 is 1.26 bits per heavy atom. The van der Waals surface area contributed by atoms with Crippen LogP contribution in [0.4, 0.5) is 5.69 Å². The van der Waals surface area contributed by atoms with Crippen LogP contribution in [0, 0.1) is 23.2 Å². The summed E-state index contributed by atoms with van der Waals surface area (Å²) in [5.41, 5.74) is 2.40.